The summed E-state index contributed by atoms with van der Waals surface area (Å²) in [6, 6.07) is 2.58. The number of alkyl halides is 5. The number of rotatable bonds is 6. The highest BCUT2D eigenvalue weighted by Gasteiger charge is 2.39. The molecule has 2 aromatic heterocycles. The molecule has 1 aliphatic heterocycles. The number of H-pyrrole nitrogens is 1. The second-order valence-electron chi connectivity index (χ2n) is 6.53. The van der Waals surface area contributed by atoms with E-state index in [-0.39, 0.29) is 25.2 Å². The summed E-state index contributed by atoms with van der Waals surface area (Å²) >= 11 is 0. The lowest BCUT2D eigenvalue weighted by Gasteiger charge is -2.32. The molecule has 2 aromatic rings. The molecule has 1 saturated heterocycles. The Hall–Kier alpha value is -2.50. The number of pyridine rings is 1. The lowest BCUT2D eigenvalue weighted by molar-refractivity contribution is -0.213. The first kappa shape index (κ1) is 20.2. The van der Waals surface area contributed by atoms with Crippen LogP contribution in [-0.4, -0.2) is 63.8 Å². The number of nitrogens with one attached hydrogen (secondary N) is 2. The van der Waals surface area contributed by atoms with Gasteiger partial charge in [0.25, 0.3) is 5.92 Å². The first-order valence-corrected chi connectivity index (χ1v) is 8.47. The summed E-state index contributed by atoms with van der Waals surface area (Å²) < 4.78 is 68.9. The number of imidazole rings is 1. The molecule has 0 spiro atoms. The summed E-state index contributed by atoms with van der Waals surface area (Å²) in [5.74, 6) is -2.64. The van der Waals surface area contributed by atoms with Crippen LogP contribution < -0.4 is 5.32 Å². The van der Waals surface area contributed by atoms with E-state index < -0.39 is 37.3 Å². The Bertz CT molecular complexity index is 854. The molecule has 3 rings (SSSR count). The van der Waals surface area contributed by atoms with Crippen LogP contribution >= 0.6 is 0 Å². The second kappa shape index (κ2) is 7.49. The third kappa shape index (κ3) is 4.86. The van der Waals surface area contributed by atoms with Crippen molar-refractivity contribution < 1.29 is 31.5 Å². The monoisotopic (exact) mass is 407 g/mol. The van der Waals surface area contributed by atoms with E-state index in [1.807, 2.05) is 0 Å². The van der Waals surface area contributed by atoms with Gasteiger partial charge in [-0.05, 0) is 19.1 Å². The van der Waals surface area contributed by atoms with E-state index >= 15 is 0 Å². The molecule has 0 aromatic carbocycles. The lowest BCUT2D eigenvalue weighted by Crippen LogP contribution is -2.56. The molecule has 154 valence electrons. The molecule has 0 saturated carbocycles. The third-order valence-electron chi connectivity index (χ3n) is 4.18. The molecule has 2 N–H and O–H groups in total. The van der Waals surface area contributed by atoms with Gasteiger partial charge in [0, 0.05) is 6.42 Å². The number of hydrogen-bond donors (Lipinski definition) is 2. The minimum absolute atomic E-state index is 0.118. The highest BCUT2D eigenvalue weighted by atomic mass is 19.4. The number of nitrogens with zero attached hydrogens (tertiary/aromatic N) is 3. The molecule has 1 fully saturated rings. The van der Waals surface area contributed by atoms with Gasteiger partial charge in [0.15, 0.2) is 11.8 Å². The van der Waals surface area contributed by atoms with E-state index in [9.17, 15) is 26.7 Å². The van der Waals surface area contributed by atoms with E-state index in [0.717, 1.165) is 11.8 Å². The standard InChI is InChI=1S/C16H18F5N5O2/c1-9(16(19,20)21)28-5-4-12-24-11-3-2-10(23-13(11)25-12)6-26-8-15(17,18)7-22-14(26)27/h2-3,9H,4-8H2,1H3,(H,22,27)(H,23,24,25)/t9-/m1/s1. The first-order chi connectivity index (χ1) is 13.0. The van der Waals surface area contributed by atoms with Crippen LogP contribution in [0.3, 0.4) is 0 Å². The van der Waals surface area contributed by atoms with Gasteiger partial charge in [-0.2, -0.15) is 13.2 Å². The third-order valence-corrected chi connectivity index (χ3v) is 4.18. The Morgan fingerprint density at radius 3 is 2.79 bits per heavy atom. The normalized spacial score (nSPS) is 18.4. The Labute approximate surface area is 156 Å². The van der Waals surface area contributed by atoms with Gasteiger partial charge in [-0.25, -0.2) is 23.5 Å². The fraction of sp³-hybridized carbons (Fsp3) is 0.562. The van der Waals surface area contributed by atoms with Crippen LogP contribution in [0.5, 0.6) is 0 Å². The number of aromatic amines is 1. The van der Waals surface area contributed by atoms with Gasteiger partial charge >= 0.3 is 12.2 Å². The van der Waals surface area contributed by atoms with E-state index in [1.54, 1.807) is 12.1 Å². The van der Waals surface area contributed by atoms with Crippen molar-refractivity contribution in [1.29, 1.82) is 0 Å². The van der Waals surface area contributed by atoms with Crippen molar-refractivity contribution in [2.24, 2.45) is 0 Å². The quantitative estimate of drug-likeness (QED) is 0.722. The maximum absolute atomic E-state index is 13.5. The van der Waals surface area contributed by atoms with Crippen molar-refractivity contribution in [2.75, 3.05) is 19.7 Å². The number of carbonyl (C=O) groups excluding carboxylic acids is 1. The van der Waals surface area contributed by atoms with Crippen LogP contribution in [0.1, 0.15) is 18.4 Å². The maximum Gasteiger partial charge on any atom is 0.414 e. The predicted molar refractivity (Wildman–Crippen MR) is 87.8 cm³/mol. The van der Waals surface area contributed by atoms with Gasteiger partial charge in [0.2, 0.25) is 0 Å². The van der Waals surface area contributed by atoms with Gasteiger partial charge in [0.05, 0.1) is 37.5 Å². The number of carbonyl (C=O) groups is 1. The van der Waals surface area contributed by atoms with Crippen LogP contribution in [0.2, 0.25) is 0 Å². The van der Waals surface area contributed by atoms with Crippen LogP contribution in [0.25, 0.3) is 11.2 Å². The summed E-state index contributed by atoms with van der Waals surface area (Å²) in [6.45, 7) is -0.791. The molecule has 1 atom stereocenters. The van der Waals surface area contributed by atoms with Gasteiger partial charge < -0.3 is 19.9 Å². The van der Waals surface area contributed by atoms with Gasteiger partial charge in [-0.3, -0.25) is 0 Å². The van der Waals surface area contributed by atoms with Crippen molar-refractivity contribution in [3.8, 4) is 0 Å². The number of halogens is 5. The van der Waals surface area contributed by atoms with Crippen molar-refractivity contribution in [3.63, 3.8) is 0 Å². The molecule has 0 radical (unpaired) electrons. The highest BCUT2D eigenvalue weighted by molar-refractivity contribution is 5.75. The average Bonchev–Trinajstić information content (AvgIpc) is 2.99. The van der Waals surface area contributed by atoms with E-state index in [2.05, 4.69) is 20.3 Å². The summed E-state index contributed by atoms with van der Waals surface area (Å²) in [6.07, 6.45) is -6.19. The van der Waals surface area contributed by atoms with Gasteiger partial charge in [-0.1, -0.05) is 0 Å². The van der Waals surface area contributed by atoms with Crippen LogP contribution in [-0.2, 0) is 17.7 Å². The second-order valence-corrected chi connectivity index (χ2v) is 6.53. The van der Waals surface area contributed by atoms with Crippen molar-refractivity contribution in [3.05, 3.63) is 23.7 Å². The molecule has 0 bridgehead atoms. The fourth-order valence-corrected chi connectivity index (χ4v) is 2.66. The molecule has 0 aliphatic carbocycles. The summed E-state index contributed by atoms with van der Waals surface area (Å²) in [5, 5.41) is 2.12. The van der Waals surface area contributed by atoms with E-state index in [0.29, 0.717) is 17.0 Å². The highest BCUT2D eigenvalue weighted by Crippen LogP contribution is 2.23. The Kier molecular flexibility index (Phi) is 5.41. The number of fused-ring (bicyclic) bond motifs is 1. The zero-order chi connectivity index (χ0) is 20.5. The van der Waals surface area contributed by atoms with Crippen molar-refractivity contribution in [2.45, 2.75) is 38.1 Å². The molecule has 28 heavy (non-hydrogen) atoms. The average molecular weight is 407 g/mol. The van der Waals surface area contributed by atoms with Crippen LogP contribution in [0.15, 0.2) is 12.1 Å². The first-order valence-electron chi connectivity index (χ1n) is 8.47. The molecule has 7 nitrogen and oxygen atoms in total. The number of hydrogen-bond acceptors (Lipinski definition) is 4. The Morgan fingerprint density at radius 1 is 1.32 bits per heavy atom. The zero-order valence-corrected chi connectivity index (χ0v) is 14.8. The Balaban J connectivity index is 1.63. The Morgan fingerprint density at radius 2 is 2.07 bits per heavy atom. The summed E-state index contributed by atoms with van der Waals surface area (Å²) in [7, 11) is 0. The molecular weight excluding hydrogens is 389 g/mol. The molecular formula is C16H18F5N5O2. The van der Waals surface area contributed by atoms with Gasteiger partial charge in [0.1, 0.15) is 5.82 Å². The van der Waals surface area contributed by atoms with Crippen LogP contribution in [0, 0.1) is 0 Å². The number of aromatic nitrogens is 3. The smallest absolute Gasteiger partial charge is 0.369 e. The largest absolute Gasteiger partial charge is 0.414 e. The minimum atomic E-state index is -4.43. The molecule has 2 amide bonds. The molecule has 0 unspecified atom stereocenters. The maximum atomic E-state index is 13.5. The summed E-state index contributed by atoms with van der Waals surface area (Å²) in [5.41, 5.74) is 1.18. The van der Waals surface area contributed by atoms with Crippen LogP contribution in [0.4, 0.5) is 26.7 Å². The SMILES string of the molecule is C[C@@H](OCCc1nc2nc(CN3CC(F)(F)CNC3=O)ccc2[nH]1)C(F)(F)F. The number of amides is 2. The number of urea groups is 1. The van der Waals surface area contributed by atoms with Crippen molar-refractivity contribution >= 4 is 17.2 Å². The topological polar surface area (TPSA) is 83.1 Å². The summed E-state index contributed by atoms with van der Waals surface area (Å²) in [4.78, 5) is 24.0. The fourth-order valence-electron chi connectivity index (χ4n) is 2.66. The molecule has 1 aliphatic rings. The molecule has 12 heteroatoms. The molecule has 3 heterocycles. The predicted octanol–water partition coefficient (Wildman–Crippen LogP) is 2.63. The van der Waals surface area contributed by atoms with Gasteiger partial charge in [-0.15, -0.1) is 0 Å². The van der Waals surface area contributed by atoms with Crippen molar-refractivity contribution in [1.82, 2.24) is 25.2 Å². The zero-order valence-electron chi connectivity index (χ0n) is 14.8. The minimum Gasteiger partial charge on any atom is -0.369 e. The van der Waals surface area contributed by atoms with E-state index in [4.69, 9.17) is 4.74 Å². The lowest BCUT2D eigenvalue weighted by atomic mass is 10.2. The van der Waals surface area contributed by atoms with E-state index in [1.165, 1.54) is 0 Å². The number of ether oxygens (including phenoxy) is 1.